The molecule has 0 aliphatic rings. The first-order chi connectivity index (χ1) is 19.2. The van der Waals surface area contributed by atoms with Crippen molar-refractivity contribution in [1.29, 1.82) is 0 Å². The summed E-state index contributed by atoms with van der Waals surface area (Å²) in [5.74, 6) is 1.89. The summed E-state index contributed by atoms with van der Waals surface area (Å²) in [5.41, 5.74) is 1.44. The van der Waals surface area contributed by atoms with Crippen LogP contribution in [-0.2, 0) is 20.6 Å². The number of benzene rings is 2. The summed E-state index contributed by atoms with van der Waals surface area (Å²) in [5, 5.41) is 8.87. The van der Waals surface area contributed by atoms with Crippen molar-refractivity contribution in [3.05, 3.63) is 47.1 Å². The number of rotatable bonds is 16. The van der Waals surface area contributed by atoms with Crippen LogP contribution in [0.15, 0.2) is 36.5 Å². The minimum absolute atomic E-state index is 0.170. The maximum atomic E-state index is 12.8. The average molecular weight is 595 g/mol. The standard InChI is InChI=1S/C25H31ClN6O7S/c1-36-18-6-7-20(16(10-18)14-40(34,35)29-9-5-8-27-15-33)31-24-19(26)13-28-25(32-24)30-17-11-21(37-2)23(39-4)22(12-17)38-3/h6-7,10-13,15,29H,5,8-9,14H2,1-4H3,(H,27,33)(H2,28,30,31,32). The fraction of sp³-hybridized carbons (Fsp3) is 0.320. The van der Waals surface area contributed by atoms with Crippen molar-refractivity contribution in [2.24, 2.45) is 0 Å². The predicted molar refractivity (Wildman–Crippen MR) is 152 cm³/mol. The second-order valence-electron chi connectivity index (χ2n) is 8.16. The molecule has 0 atom stereocenters. The summed E-state index contributed by atoms with van der Waals surface area (Å²) in [6.45, 7) is 0.528. The van der Waals surface area contributed by atoms with E-state index in [1.165, 1.54) is 34.6 Å². The first-order valence-electron chi connectivity index (χ1n) is 11.9. The smallest absolute Gasteiger partial charge is 0.229 e. The molecule has 0 aliphatic carbocycles. The summed E-state index contributed by atoms with van der Waals surface area (Å²) in [6, 6.07) is 8.35. The number of anilines is 4. The number of hydrogen-bond acceptors (Lipinski definition) is 11. The maximum Gasteiger partial charge on any atom is 0.229 e. The molecule has 0 spiro atoms. The zero-order chi connectivity index (χ0) is 29.1. The van der Waals surface area contributed by atoms with E-state index >= 15 is 0 Å². The molecule has 0 aliphatic heterocycles. The molecule has 0 bridgehead atoms. The third-order valence-electron chi connectivity index (χ3n) is 5.48. The van der Waals surface area contributed by atoms with Crippen molar-refractivity contribution in [3.8, 4) is 23.0 Å². The van der Waals surface area contributed by atoms with Crippen LogP contribution in [0, 0.1) is 0 Å². The Hall–Kier alpha value is -4.01. The Labute approximate surface area is 237 Å². The number of carbonyl (C=O) groups excluding carboxylic acids is 1. The quantitative estimate of drug-likeness (QED) is 0.142. The summed E-state index contributed by atoms with van der Waals surface area (Å²) in [7, 11) is 2.30. The molecule has 0 unspecified atom stereocenters. The van der Waals surface area contributed by atoms with Gasteiger partial charge in [0.25, 0.3) is 0 Å². The van der Waals surface area contributed by atoms with E-state index < -0.39 is 10.0 Å². The normalized spacial score (nSPS) is 10.9. The number of nitrogens with one attached hydrogen (secondary N) is 4. The lowest BCUT2D eigenvalue weighted by Crippen LogP contribution is -2.28. The summed E-state index contributed by atoms with van der Waals surface area (Å²) < 4.78 is 49.5. The van der Waals surface area contributed by atoms with Gasteiger partial charge in [-0.2, -0.15) is 4.98 Å². The molecule has 40 heavy (non-hydrogen) atoms. The van der Waals surface area contributed by atoms with Gasteiger partial charge in [0.15, 0.2) is 17.3 Å². The second-order valence-corrected chi connectivity index (χ2v) is 10.4. The van der Waals surface area contributed by atoms with Crippen LogP contribution in [0.25, 0.3) is 0 Å². The summed E-state index contributed by atoms with van der Waals surface area (Å²) >= 11 is 6.38. The van der Waals surface area contributed by atoms with E-state index in [0.29, 0.717) is 59.3 Å². The fourth-order valence-electron chi connectivity index (χ4n) is 3.60. The van der Waals surface area contributed by atoms with Crippen LogP contribution in [0.5, 0.6) is 23.0 Å². The Morgan fingerprint density at radius 2 is 1.68 bits per heavy atom. The van der Waals surface area contributed by atoms with Gasteiger partial charge < -0.3 is 34.9 Å². The van der Waals surface area contributed by atoms with Gasteiger partial charge in [-0.25, -0.2) is 18.1 Å². The molecule has 0 saturated carbocycles. The average Bonchev–Trinajstić information content (AvgIpc) is 2.94. The van der Waals surface area contributed by atoms with Gasteiger partial charge in [-0.1, -0.05) is 11.6 Å². The number of halogens is 1. The molecule has 15 heteroatoms. The Kier molecular flexibility index (Phi) is 11.0. The Bertz CT molecular complexity index is 1400. The minimum atomic E-state index is -3.71. The van der Waals surface area contributed by atoms with Gasteiger partial charge in [-0.15, -0.1) is 0 Å². The van der Waals surface area contributed by atoms with Crippen molar-refractivity contribution < 1.29 is 32.2 Å². The van der Waals surface area contributed by atoms with Gasteiger partial charge in [-0.3, -0.25) is 4.79 Å². The van der Waals surface area contributed by atoms with Crippen molar-refractivity contribution >= 4 is 51.2 Å². The SMILES string of the molecule is COc1ccc(Nc2nc(Nc3cc(OC)c(OC)c(OC)c3)ncc2Cl)c(CS(=O)(=O)NCCCNC=O)c1. The predicted octanol–water partition coefficient (Wildman–Crippen LogP) is 3.21. The molecule has 0 fully saturated rings. The molecule has 216 valence electrons. The number of amides is 1. The highest BCUT2D eigenvalue weighted by Crippen LogP contribution is 2.40. The number of ether oxygens (including phenoxy) is 4. The number of nitrogens with zero attached hydrogens (tertiary/aromatic N) is 2. The highest BCUT2D eigenvalue weighted by atomic mass is 35.5. The van der Waals surface area contributed by atoms with Crippen molar-refractivity contribution in [2.75, 3.05) is 52.2 Å². The van der Waals surface area contributed by atoms with Crippen LogP contribution < -0.4 is 39.6 Å². The Balaban J connectivity index is 1.85. The second kappa shape index (κ2) is 14.4. The van der Waals surface area contributed by atoms with Gasteiger partial charge in [0.2, 0.25) is 28.1 Å². The van der Waals surface area contributed by atoms with E-state index in [1.54, 1.807) is 30.3 Å². The van der Waals surface area contributed by atoms with Crippen LogP contribution in [0.2, 0.25) is 5.02 Å². The molecule has 3 aromatic rings. The van der Waals surface area contributed by atoms with Crippen molar-refractivity contribution in [3.63, 3.8) is 0 Å². The van der Waals surface area contributed by atoms with Crippen LogP contribution in [0.1, 0.15) is 12.0 Å². The lowest BCUT2D eigenvalue weighted by atomic mass is 10.2. The van der Waals surface area contributed by atoms with E-state index in [4.69, 9.17) is 30.5 Å². The van der Waals surface area contributed by atoms with Crippen LogP contribution in [0.4, 0.5) is 23.1 Å². The van der Waals surface area contributed by atoms with Gasteiger partial charge in [-0.05, 0) is 30.2 Å². The van der Waals surface area contributed by atoms with E-state index in [1.807, 2.05) is 0 Å². The van der Waals surface area contributed by atoms with Gasteiger partial charge in [0.1, 0.15) is 10.8 Å². The molecule has 2 aromatic carbocycles. The molecular weight excluding hydrogens is 564 g/mol. The van der Waals surface area contributed by atoms with E-state index in [-0.39, 0.29) is 29.1 Å². The van der Waals surface area contributed by atoms with Gasteiger partial charge >= 0.3 is 0 Å². The molecule has 3 rings (SSSR count). The van der Waals surface area contributed by atoms with Crippen LogP contribution in [0.3, 0.4) is 0 Å². The number of hydrogen-bond donors (Lipinski definition) is 4. The molecule has 1 heterocycles. The number of methoxy groups -OCH3 is 4. The third-order valence-corrected chi connectivity index (χ3v) is 7.09. The lowest BCUT2D eigenvalue weighted by Gasteiger charge is -2.16. The first-order valence-corrected chi connectivity index (χ1v) is 13.9. The largest absolute Gasteiger partial charge is 0.497 e. The van der Waals surface area contributed by atoms with Gasteiger partial charge in [0, 0.05) is 36.6 Å². The molecule has 0 radical (unpaired) electrons. The molecule has 1 aromatic heterocycles. The van der Waals surface area contributed by atoms with E-state index in [0.717, 1.165) is 0 Å². The Morgan fingerprint density at radius 1 is 0.950 bits per heavy atom. The zero-order valence-electron chi connectivity index (χ0n) is 22.4. The van der Waals surface area contributed by atoms with Crippen molar-refractivity contribution in [2.45, 2.75) is 12.2 Å². The zero-order valence-corrected chi connectivity index (χ0v) is 24.0. The number of carbonyl (C=O) groups is 1. The highest BCUT2D eigenvalue weighted by molar-refractivity contribution is 7.88. The van der Waals surface area contributed by atoms with Crippen LogP contribution in [-0.4, -0.2) is 66.3 Å². The Morgan fingerprint density at radius 3 is 2.30 bits per heavy atom. The molecular formula is C25H31ClN6O7S. The van der Waals surface area contributed by atoms with Gasteiger partial charge in [0.05, 0.1) is 40.4 Å². The van der Waals surface area contributed by atoms with Crippen LogP contribution >= 0.6 is 11.6 Å². The number of aromatic nitrogens is 2. The lowest BCUT2D eigenvalue weighted by molar-refractivity contribution is -0.109. The van der Waals surface area contributed by atoms with E-state index in [2.05, 4.69) is 30.6 Å². The summed E-state index contributed by atoms with van der Waals surface area (Å²) in [6.07, 6.45) is 2.41. The highest BCUT2D eigenvalue weighted by Gasteiger charge is 2.18. The molecule has 13 nitrogen and oxygen atoms in total. The fourth-order valence-corrected chi connectivity index (χ4v) is 4.94. The summed E-state index contributed by atoms with van der Waals surface area (Å²) in [4.78, 5) is 19.1. The van der Waals surface area contributed by atoms with E-state index in [9.17, 15) is 13.2 Å². The third kappa shape index (κ3) is 8.24. The van der Waals surface area contributed by atoms with Crippen molar-refractivity contribution in [1.82, 2.24) is 20.0 Å². The molecule has 4 N–H and O–H groups in total. The maximum absolute atomic E-state index is 12.8. The molecule has 0 saturated heterocycles. The topological polar surface area (TPSA) is 162 Å². The molecule has 1 amide bonds. The monoisotopic (exact) mass is 594 g/mol. The minimum Gasteiger partial charge on any atom is -0.497 e. The number of sulfonamides is 1. The first kappa shape index (κ1) is 30.5.